The van der Waals surface area contributed by atoms with Gasteiger partial charge in [0.25, 0.3) is 0 Å². The highest BCUT2D eigenvalue weighted by molar-refractivity contribution is 5.71. The van der Waals surface area contributed by atoms with E-state index in [1.54, 1.807) is 0 Å². The van der Waals surface area contributed by atoms with Crippen LogP contribution >= 0.6 is 0 Å². The fourth-order valence-electron chi connectivity index (χ4n) is 8.23. The van der Waals surface area contributed by atoms with E-state index in [0.717, 1.165) is 89.9 Å². The maximum atomic E-state index is 12.9. The molecular formula is C64H110O6. The monoisotopic (exact) mass is 975 g/mol. The molecule has 0 saturated heterocycles. The largest absolute Gasteiger partial charge is 0.462 e. The highest BCUT2D eigenvalue weighted by Crippen LogP contribution is 2.16. The Morgan fingerprint density at radius 1 is 0.300 bits per heavy atom. The lowest BCUT2D eigenvalue weighted by molar-refractivity contribution is -0.166. The van der Waals surface area contributed by atoms with E-state index < -0.39 is 6.10 Å². The van der Waals surface area contributed by atoms with Crippen LogP contribution in [0.25, 0.3) is 0 Å². The fourth-order valence-corrected chi connectivity index (χ4v) is 8.23. The highest BCUT2D eigenvalue weighted by atomic mass is 16.6. The molecule has 0 spiro atoms. The van der Waals surface area contributed by atoms with Crippen molar-refractivity contribution in [2.75, 3.05) is 13.2 Å². The predicted octanol–water partition coefficient (Wildman–Crippen LogP) is 19.9. The lowest BCUT2D eigenvalue weighted by Gasteiger charge is -2.18. The molecule has 1 unspecified atom stereocenters. The van der Waals surface area contributed by atoms with Crippen LogP contribution in [0.1, 0.15) is 284 Å². The Morgan fingerprint density at radius 2 is 0.586 bits per heavy atom. The van der Waals surface area contributed by atoms with Crippen molar-refractivity contribution in [3.63, 3.8) is 0 Å². The third-order valence-electron chi connectivity index (χ3n) is 12.6. The van der Waals surface area contributed by atoms with Crippen molar-refractivity contribution in [2.24, 2.45) is 0 Å². The number of ether oxygens (including phenoxy) is 3. The van der Waals surface area contributed by atoms with Gasteiger partial charge in [0.15, 0.2) is 6.10 Å². The zero-order chi connectivity index (χ0) is 50.7. The average Bonchev–Trinajstić information content (AvgIpc) is 3.36. The average molecular weight is 976 g/mol. The summed E-state index contributed by atoms with van der Waals surface area (Å²) in [5.74, 6) is -0.992. The zero-order valence-corrected chi connectivity index (χ0v) is 46.0. The molecule has 0 heterocycles. The predicted molar refractivity (Wildman–Crippen MR) is 302 cm³/mol. The molecule has 0 aliphatic carbocycles. The minimum absolute atomic E-state index is 0.102. The number of carbonyl (C=O) groups excluding carboxylic acids is 3. The summed E-state index contributed by atoms with van der Waals surface area (Å²) in [4.78, 5) is 38.1. The van der Waals surface area contributed by atoms with Gasteiger partial charge in [-0.3, -0.25) is 14.4 Å². The van der Waals surface area contributed by atoms with Crippen LogP contribution in [0.2, 0.25) is 0 Å². The molecule has 70 heavy (non-hydrogen) atoms. The van der Waals surface area contributed by atoms with Crippen molar-refractivity contribution >= 4 is 17.9 Å². The third-order valence-corrected chi connectivity index (χ3v) is 12.6. The SMILES string of the molecule is CC/C=C\C/C=C\C/C=C\C/C=C\CCC(=O)OCC(COC(=O)CCCCCCCCCCCCCCCCCCCCCC)OC(=O)CCCCCCCC/C=C\C/C=C\C/C=C\CCCCC. The van der Waals surface area contributed by atoms with Crippen LogP contribution in [0, 0.1) is 0 Å². The van der Waals surface area contributed by atoms with E-state index in [0.29, 0.717) is 19.3 Å². The lowest BCUT2D eigenvalue weighted by atomic mass is 10.0. The molecule has 402 valence electrons. The fraction of sp³-hybridized carbons (Fsp3) is 0.734. The van der Waals surface area contributed by atoms with Gasteiger partial charge in [0.2, 0.25) is 0 Å². The minimum atomic E-state index is -0.812. The minimum Gasteiger partial charge on any atom is -0.462 e. The number of allylic oxidation sites excluding steroid dienone is 14. The summed E-state index contributed by atoms with van der Waals surface area (Å²) < 4.78 is 16.8. The standard InChI is InChI=1S/C64H110O6/c1-4-7-10-13-16-19-22-25-27-29-31-33-34-36-39-42-45-48-51-54-57-63(66)69-60-61(59-68-62(65)56-53-50-47-44-41-38-24-21-18-15-12-9-6-3)70-64(67)58-55-52-49-46-43-40-37-35-32-30-28-26-23-20-17-14-11-8-5-2/h9,12,17-18,20-21,26,28,32,35,38,41,47,50,61H,4-8,10-11,13-16,19,22-25,27,29-31,33-34,36-37,39-40,42-46,48-49,51-60H2,1-3H3/b12-9-,20-17-,21-18-,28-26-,35-32-,41-38-,50-47-. The van der Waals surface area contributed by atoms with E-state index in [9.17, 15) is 14.4 Å². The molecule has 0 aliphatic heterocycles. The zero-order valence-electron chi connectivity index (χ0n) is 46.0. The van der Waals surface area contributed by atoms with E-state index in [1.165, 1.54) is 148 Å². The lowest BCUT2D eigenvalue weighted by Crippen LogP contribution is -2.30. The number of esters is 3. The molecule has 0 aromatic carbocycles. The number of hydrogen-bond acceptors (Lipinski definition) is 6. The second kappa shape index (κ2) is 58.2. The van der Waals surface area contributed by atoms with Crippen LogP contribution in [0.15, 0.2) is 85.1 Å². The summed E-state index contributed by atoms with van der Waals surface area (Å²) in [5.41, 5.74) is 0. The molecule has 0 bridgehead atoms. The van der Waals surface area contributed by atoms with Crippen LogP contribution in [0.3, 0.4) is 0 Å². The van der Waals surface area contributed by atoms with Crippen LogP contribution in [-0.2, 0) is 28.6 Å². The van der Waals surface area contributed by atoms with Gasteiger partial charge >= 0.3 is 17.9 Å². The summed E-state index contributed by atoms with van der Waals surface area (Å²) in [7, 11) is 0. The summed E-state index contributed by atoms with van der Waals surface area (Å²) in [6, 6.07) is 0. The van der Waals surface area contributed by atoms with Gasteiger partial charge in [-0.2, -0.15) is 0 Å². The number of hydrogen-bond donors (Lipinski definition) is 0. The second-order valence-electron chi connectivity index (χ2n) is 19.5. The van der Waals surface area contributed by atoms with E-state index in [-0.39, 0.29) is 37.5 Å². The summed E-state index contributed by atoms with van der Waals surface area (Å²) >= 11 is 0. The highest BCUT2D eigenvalue weighted by Gasteiger charge is 2.19. The maximum Gasteiger partial charge on any atom is 0.306 e. The molecule has 0 radical (unpaired) electrons. The Balaban J connectivity index is 4.41. The van der Waals surface area contributed by atoms with Gasteiger partial charge in [0.1, 0.15) is 13.2 Å². The molecule has 6 heteroatoms. The van der Waals surface area contributed by atoms with Gasteiger partial charge < -0.3 is 14.2 Å². The first-order valence-electron chi connectivity index (χ1n) is 29.6. The first-order chi connectivity index (χ1) is 34.5. The van der Waals surface area contributed by atoms with Crippen LogP contribution in [-0.4, -0.2) is 37.2 Å². The van der Waals surface area contributed by atoms with Crippen molar-refractivity contribution in [1.82, 2.24) is 0 Å². The maximum absolute atomic E-state index is 12.9. The van der Waals surface area contributed by atoms with Gasteiger partial charge in [-0.05, 0) is 83.5 Å². The normalized spacial score (nSPS) is 12.7. The molecule has 0 N–H and O–H groups in total. The van der Waals surface area contributed by atoms with Crippen molar-refractivity contribution in [3.8, 4) is 0 Å². The Hall–Kier alpha value is -3.41. The van der Waals surface area contributed by atoms with Crippen molar-refractivity contribution in [1.29, 1.82) is 0 Å². The summed E-state index contributed by atoms with van der Waals surface area (Å²) in [6.07, 6.45) is 75.9. The Bertz CT molecular complexity index is 1350. The van der Waals surface area contributed by atoms with E-state index in [1.807, 2.05) is 6.08 Å². The molecule has 0 amide bonds. The smallest absolute Gasteiger partial charge is 0.306 e. The second-order valence-corrected chi connectivity index (χ2v) is 19.5. The quantitative estimate of drug-likeness (QED) is 0.0261. The molecule has 0 aromatic rings. The van der Waals surface area contributed by atoms with E-state index in [4.69, 9.17) is 14.2 Å². The number of unbranched alkanes of at least 4 members (excludes halogenated alkanes) is 28. The Labute approximate surface area is 433 Å². The van der Waals surface area contributed by atoms with Crippen molar-refractivity contribution < 1.29 is 28.6 Å². The Morgan fingerprint density at radius 3 is 0.986 bits per heavy atom. The topological polar surface area (TPSA) is 78.9 Å². The van der Waals surface area contributed by atoms with Gasteiger partial charge in [-0.25, -0.2) is 0 Å². The molecule has 0 aromatic heterocycles. The first kappa shape index (κ1) is 66.6. The summed E-state index contributed by atoms with van der Waals surface area (Å²) in [5, 5.41) is 0. The third kappa shape index (κ3) is 55.5. The molecule has 0 aliphatic rings. The van der Waals surface area contributed by atoms with Crippen LogP contribution in [0.4, 0.5) is 0 Å². The first-order valence-corrected chi connectivity index (χ1v) is 29.6. The Kier molecular flexibility index (Phi) is 55.3. The molecule has 0 fully saturated rings. The molecule has 6 nitrogen and oxygen atoms in total. The molecule has 0 rings (SSSR count). The molecule has 0 saturated carbocycles. The van der Waals surface area contributed by atoms with Gasteiger partial charge in [0, 0.05) is 19.3 Å². The number of carbonyl (C=O) groups is 3. The van der Waals surface area contributed by atoms with Crippen LogP contribution in [0.5, 0.6) is 0 Å². The van der Waals surface area contributed by atoms with E-state index in [2.05, 4.69) is 99.8 Å². The van der Waals surface area contributed by atoms with Gasteiger partial charge in [-0.1, -0.05) is 266 Å². The van der Waals surface area contributed by atoms with Crippen molar-refractivity contribution in [2.45, 2.75) is 290 Å². The van der Waals surface area contributed by atoms with Gasteiger partial charge in [0.05, 0.1) is 0 Å². The molecular weight excluding hydrogens is 865 g/mol. The number of rotatable bonds is 53. The van der Waals surface area contributed by atoms with Gasteiger partial charge in [-0.15, -0.1) is 0 Å². The van der Waals surface area contributed by atoms with E-state index >= 15 is 0 Å². The van der Waals surface area contributed by atoms with Crippen molar-refractivity contribution in [3.05, 3.63) is 85.1 Å². The summed E-state index contributed by atoms with van der Waals surface area (Å²) in [6.45, 7) is 6.45. The molecule has 1 atom stereocenters. The van der Waals surface area contributed by atoms with Crippen LogP contribution < -0.4 is 0 Å².